The molecule has 0 aliphatic heterocycles. The van der Waals surface area contributed by atoms with Gasteiger partial charge in [0.1, 0.15) is 0 Å². The van der Waals surface area contributed by atoms with Crippen LogP contribution in [0.1, 0.15) is 15.9 Å². The lowest BCUT2D eigenvalue weighted by atomic mass is 10.1. The van der Waals surface area contributed by atoms with E-state index in [2.05, 4.69) is 27.9 Å². The van der Waals surface area contributed by atoms with Crippen LogP contribution in [0.3, 0.4) is 0 Å². The molecule has 1 amide bonds. The highest BCUT2D eigenvalue weighted by Crippen LogP contribution is 2.23. The van der Waals surface area contributed by atoms with Crippen molar-refractivity contribution in [2.45, 2.75) is 6.92 Å². The highest BCUT2D eigenvalue weighted by atomic mass is 127. The molecular formula is C14H12ClIN2O. The predicted octanol–water partition coefficient (Wildman–Crippen LogP) is 4.09. The molecular weight excluding hydrogens is 375 g/mol. The number of anilines is 2. The second kappa shape index (κ2) is 5.79. The lowest BCUT2D eigenvalue weighted by molar-refractivity contribution is 0.102. The lowest BCUT2D eigenvalue weighted by Crippen LogP contribution is -2.13. The van der Waals surface area contributed by atoms with E-state index in [-0.39, 0.29) is 5.91 Å². The van der Waals surface area contributed by atoms with Crippen LogP contribution in [0.25, 0.3) is 0 Å². The summed E-state index contributed by atoms with van der Waals surface area (Å²) in [6, 6.07) is 10.6. The van der Waals surface area contributed by atoms with Crippen LogP contribution >= 0.6 is 34.2 Å². The third-order valence-electron chi connectivity index (χ3n) is 2.72. The Morgan fingerprint density at radius 3 is 2.63 bits per heavy atom. The molecule has 5 heteroatoms. The summed E-state index contributed by atoms with van der Waals surface area (Å²) in [5, 5.41) is 3.48. The molecule has 0 unspecified atom stereocenters. The first-order chi connectivity index (χ1) is 8.97. The van der Waals surface area contributed by atoms with Gasteiger partial charge in [0.2, 0.25) is 0 Å². The van der Waals surface area contributed by atoms with Crippen LogP contribution in [0.2, 0.25) is 5.02 Å². The highest BCUT2D eigenvalue weighted by Gasteiger charge is 2.09. The third-order valence-corrected chi connectivity index (χ3v) is 3.85. The highest BCUT2D eigenvalue weighted by molar-refractivity contribution is 14.1. The second-order valence-corrected chi connectivity index (χ2v) is 5.75. The maximum Gasteiger partial charge on any atom is 0.255 e. The van der Waals surface area contributed by atoms with Gasteiger partial charge < -0.3 is 11.1 Å². The Morgan fingerprint density at radius 2 is 2.00 bits per heavy atom. The average Bonchev–Trinajstić information content (AvgIpc) is 2.36. The Bertz CT molecular complexity index is 643. The molecule has 0 aliphatic rings. The second-order valence-electron chi connectivity index (χ2n) is 4.15. The Morgan fingerprint density at radius 1 is 1.26 bits per heavy atom. The largest absolute Gasteiger partial charge is 0.398 e. The molecule has 0 aliphatic carbocycles. The first kappa shape index (κ1) is 14.1. The quantitative estimate of drug-likeness (QED) is 0.603. The molecule has 3 N–H and O–H groups in total. The van der Waals surface area contributed by atoms with E-state index in [1.165, 1.54) is 0 Å². The number of amides is 1. The number of halogens is 2. The van der Waals surface area contributed by atoms with Gasteiger partial charge in [-0.25, -0.2) is 0 Å². The minimum Gasteiger partial charge on any atom is -0.398 e. The van der Waals surface area contributed by atoms with Gasteiger partial charge in [-0.15, -0.1) is 0 Å². The van der Waals surface area contributed by atoms with Crippen molar-refractivity contribution in [2.75, 3.05) is 11.1 Å². The summed E-state index contributed by atoms with van der Waals surface area (Å²) < 4.78 is 0.888. The van der Waals surface area contributed by atoms with Gasteiger partial charge in [-0.05, 0) is 65.4 Å². The molecule has 19 heavy (non-hydrogen) atoms. The summed E-state index contributed by atoms with van der Waals surface area (Å²) in [6.07, 6.45) is 0. The number of nitrogens with two attached hydrogens (primary N) is 1. The third kappa shape index (κ3) is 3.39. The first-order valence-electron chi connectivity index (χ1n) is 5.60. The summed E-state index contributed by atoms with van der Waals surface area (Å²) in [4.78, 5) is 12.1. The van der Waals surface area contributed by atoms with Gasteiger partial charge in [-0.2, -0.15) is 0 Å². The molecule has 2 rings (SSSR count). The van der Waals surface area contributed by atoms with E-state index in [1.54, 1.807) is 30.3 Å². The predicted molar refractivity (Wildman–Crippen MR) is 87.7 cm³/mol. The smallest absolute Gasteiger partial charge is 0.255 e. The fourth-order valence-corrected chi connectivity index (χ4v) is 2.57. The van der Waals surface area contributed by atoms with Gasteiger partial charge in [0.15, 0.2) is 0 Å². The van der Waals surface area contributed by atoms with Crippen molar-refractivity contribution >= 4 is 51.5 Å². The summed E-state index contributed by atoms with van der Waals surface area (Å²) >= 11 is 8.00. The van der Waals surface area contributed by atoms with Crippen molar-refractivity contribution in [3.63, 3.8) is 0 Å². The fourth-order valence-electron chi connectivity index (χ4n) is 1.57. The number of nitrogen functional groups attached to an aromatic ring is 1. The SMILES string of the molecule is Cc1ccc(C(=O)Nc2ccc(Cl)cc2I)cc1N. The zero-order valence-electron chi connectivity index (χ0n) is 10.2. The molecule has 0 heterocycles. The van der Waals surface area contributed by atoms with E-state index in [9.17, 15) is 4.79 Å². The minimum absolute atomic E-state index is 0.188. The number of nitrogens with one attached hydrogen (secondary N) is 1. The van der Waals surface area contributed by atoms with Crippen LogP contribution in [0.5, 0.6) is 0 Å². The lowest BCUT2D eigenvalue weighted by Gasteiger charge is -2.09. The van der Waals surface area contributed by atoms with Crippen molar-refractivity contribution in [1.82, 2.24) is 0 Å². The molecule has 2 aromatic carbocycles. The summed E-state index contributed by atoms with van der Waals surface area (Å²) in [5.74, 6) is -0.188. The Labute approximate surface area is 130 Å². The minimum atomic E-state index is -0.188. The molecule has 3 nitrogen and oxygen atoms in total. The molecule has 0 atom stereocenters. The fraction of sp³-hybridized carbons (Fsp3) is 0.0714. The number of aryl methyl sites for hydroxylation is 1. The monoisotopic (exact) mass is 386 g/mol. The average molecular weight is 387 g/mol. The molecule has 0 saturated heterocycles. The number of carbonyl (C=O) groups excluding carboxylic acids is 1. The zero-order valence-corrected chi connectivity index (χ0v) is 13.1. The van der Waals surface area contributed by atoms with E-state index >= 15 is 0 Å². The summed E-state index contributed by atoms with van der Waals surface area (Å²) in [6.45, 7) is 1.90. The normalized spacial score (nSPS) is 10.3. The number of hydrogen-bond donors (Lipinski definition) is 2. The molecule has 0 spiro atoms. The van der Waals surface area contributed by atoms with Crippen LogP contribution in [0.4, 0.5) is 11.4 Å². The first-order valence-corrected chi connectivity index (χ1v) is 7.05. The van der Waals surface area contributed by atoms with Crippen molar-refractivity contribution in [3.05, 3.63) is 56.1 Å². The van der Waals surface area contributed by atoms with Gasteiger partial charge >= 0.3 is 0 Å². The molecule has 0 radical (unpaired) electrons. The van der Waals surface area contributed by atoms with Gasteiger partial charge in [0.25, 0.3) is 5.91 Å². The van der Waals surface area contributed by atoms with Crippen LogP contribution in [0, 0.1) is 10.5 Å². The van der Waals surface area contributed by atoms with Gasteiger partial charge in [-0.3, -0.25) is 4.79 Å². The van der Waals surface area contributed by atoms with E-state index in [4.69, 9.17) is 17.3 Å². The topological polar surface area (TPSA) is 55.1 Å². The molecule has 0 aromatic heterocycles. The zero-order chi connectivity index (χ0) is 14.0. The van der Waals surface area contributed by atoms with Crippen molar-refractivity contribution < 1.29 is 4.79 Å². The van der Waals surface area contributed by atoms with Crippen LogP contribution in [-0.2, 0) is 0 Å². The number of hydrogen-bond acceptors (Lipinski definition) is 2. The van der Waals surface area contributed by atoms with Crippen molar-refractivity contribution in [3.8, 4) is 0 Å². The van der Waals surface area contributed by atoms with Crippen LogP contribution in [-0.4, -0.2) is 5.91 Å². The maximum absolute atomic E-state index is 12.1. The van der Waals surface area contributed by atoms with Gasteiger partial charge in [-0.1, -0.05) is 17.7 Å². The van der Waals surface area contributed by atoms with Crippen molar-refractivity contribution in [1.29, 1.82) is 0 Å². The molecule has 2 aromatic rings. The molecule has 0 bridgehead atoms. The van der Waals surface area contributed by atoms with E-state index in [0.717, 1.165) is 14.8 Å². The Kier molecular flexibility index (Phi) is 4.31. The van der Waals surface area contributed by atoms with Gasteiger partial charge in [0, 0.05) is 19.8 Å². The molecule has 0 fully saturated rings. The van der Waals surface area contributed by atoms with Crippen LogP contribution in [0.15, 0.2) is 36.4 Å². The van der Waals surface area contributed by atoms with Crippen LogP contribution < -0.4 is 11.1 Å². The summed E-state index contributed by atoms with van der Waals surface area (Å²) in [5.41, 5.74) is 8.64. The molecule has 98 valence electrons. The number of benzene rings is 2. The number of carbonyl (C=O) groups is 1. The Balaban J connectivity index is 2.23. The number of rotatable bonds is 2. The molecule has 0 saturated carbocycles. The maximum atomic E-state index is 12.1. The van der Waals surface area contributed by atoms with Gasteiger partial charge in [0.05, 0.1) is 5.69 Å². The van der Waals surface area contributed by atoms with Crippen molar-refractivity contribution in [2.24, 2.45) is 0 Å². The van der Waals surface area contributed by atoms with E-state index in [0.29, 0.717) is 16.3 Å². The van der Waals surface area contributed by atoms with E-state index in [1.807, 2.05) is 13.0 Å². The van der Waals surface area contributed by atoms with E-state index < -0.39 is 0 Å². The standard InChI is InChI=1S/C14H12ClIN2O/c1-8-2-3-9(6-12(8)17)14(19)18-13-5-4-10(15)7-11(13)16/h2-7H,17H2,1H3,(H,18,19). The Hall–Kier alpha value is -1.27. The summed E-state index contributed by atoms with van der Waals surface area (Å²) in [7, 11) is 0.